The van der Waals surface area contributed by atoms with Gasteiger partial charge in [-0.1, -0.05) is 23.8 Å². The molecule has 1 aromatic carbocycles. The summed E-state index contributed by atoms with van der Waals surface area (Å²) < 4.78 is 5.45. The molecule has 3 rings (SSSR count). The maximum atomic E-state index is 5.45. The van der Waals surface area contributed by atoms with Crippen LogP contribution < -0.4 is 4.74 Å². The lowest BCUT2D eigenvalue weighted by Crippen LogP contribution is -2.33. The van der Waals surface area contributed by atoms with Gasteiger partial charge in [-0.05, 0) is 75.6 Å². The van der Waals surface area contributed by atoms with Crippen molar-refractivity contribution in [2.75, 3.05) is 20.2 Å². The van der Waals surface area contributed by atoms with E-state index in [4.69, 9.17) is 4.74 Å². The van der Waals surface area contributed by atoms with E-state index in [9.17, 15) is 0 Å². The van der Waals surface area contributed by atoms with Crippen molar-refractivity contribution in [2.24, 2.45) is 0 Å². The number of hydrogen-bond donors (Lipinski definition) is 0. The summed E-state index contributed by atoms with van der Waals surface area (Å²) in [4.78, 5) is 2.71. The molecule has 22 heavy (non-hydrogen) atoms. The summed E-state index contributed by atoms with van der Waals surface area (Å²) in [7, 11) is 1.77. The second kappa shape index (κ2) is 6.45. The zero-order valence-corrected chi connectivity index (χ0v) is 14.3. The van der Waals surface area contributed by atoms with Crippen LogP contribution in [-0.2, 0) is 5.41 Å². The number of benzene rings is 1. The first-order valence-electron chi connectivity index (χ1n) is 8.65. The van der Waals surface area contributed by atoms with E-state index in [2.05, 4.69) is 49.1 Å². The Hall–Kier alpha value is -1.28. The third-order valence-electron chi connectivity index (χ3n) is 5.62. The van der Waals surface area contributed by atoms with Crippen LogP contribution in [0, 0.1) is 0 Å². The van der Waals surface area contributed by atoms with Gasteiger partial charge < -0.3 is 4.74 Å². The molecule has 2 atom stereocenters. The largest absolute Gasteiger partial charge is 0.497 e. The molecular formula is C20H29NO. The minimum atomic E-state index is 0.388. The summed E-state index contributed by atoms with van der Waals surface area (Å²) in [5, 5.41) is 0. The topological polar surface area (TPSA) is 12.5 Å². The van der Waals surface area contributed by atoms with Crippen LogP contribution >= 0.6 is 0 Å². The van der Waals surface area contributed by atoms with E-state index >= 15 is 0 Å². The molecule has 2 fully saturated rings. The van der Waals surface area contributed by atoms with Crippen molar-refractivity contribution < 1.29 is 4.74 Å². The zero-order chi connectivity index (χ0) is 15.6. The van der Waals surface area contributed by atoms with Gasteiger partial charge in [-0.25, -0.2) is 0 Å². The van der Waals surface area contributed by atoms with Crippen LogP contribution in [0.4, 0.5) is 0 Å². The lowest BCUT2D eigenvalue weighted by atomic mass is 9.75. The Bertz CT molecular complexity index is 546. The van der Waals surface area contributed by atoms with E-state index in [1.807, 2.05) is 0 Å². The summed E-state index contributed by atoms with van der Waals surface area (Å²) in [5.74, 6) is 1.00. The van der Waals surface area contributed by atoms with Crippen molar-refractivity contribution in [1.82, 2.24) is 4.90 Å². The summed E-state index contributed by atoms with van der Waals surface area (Å²) in [5.41, 5.74) is 3.32. The molecule has 2 nitrogen and oxygen atoms in total. The van der Waals surface area contributed by atoms with Crippen molar-refractivity contribution in [3.63, 3.8) is 0 Å². The Kier molecular flexibility index (Phi) is 4.58. The van der Waals surface area contributed by atoms with E-state index in [1.165, 1.54) is 49.8 Å². The molecule has 2 bridgehead atoms. The van der Waals surface area contributed by atoms with Crippen LogP contribution in [-0.4, -0.2) is 31.1 Å². The number of hydrogen-bond acceptors (Lipinski definition) is 2. The Morgan fingerprint density at radius 3 is 3.00 bits per heavy atom. The van der Waals surface area contributed by atoms with Crippen molar-refractivity contribution in [3.05, 3.63) is 41.5 Å². The molecule has 1 aliphatic carbocycles. The molecule has 2 aliphatic rings. The van der Waals surface area contributed by atoms with Crippen molar-refractivity contribution >= 4 is 0 Å². The molecule has 0 amide bonds. The van der Waals surface area contributed by atoms with Gasteiger partial charge in [0.15, 0.2) is 0 Å². The van der Waals surface area contributed by atoms with E-state index in [-0.39, 0.29) is 0 Å². The molecule has 0 radical (unpaired) electrons. The maximum absolute atomic E-state index is 5.45. The van der Waals surface area contributed by atoms with E-state index in [1.54, 1.807) is 7.11 Å². The first-order valence-corrected chi connectivity index (χ1v) is 8.65. The highest BCUT2D eigenvalue weighted by molar-refractivity contribution is 5.35. The van der Waals surface area contributed by atoms with Crippen LogP contribution in [0.2, 0.25) is 0 Å². The Balaban J connectivity index is 1.80. The number of methoxy groups -OCH3 is 1. The fourth-order valence-electron chi connectivity index (χ4n) is 4.34. The number of nitrogens with zero attached hydrogens (tertiary/aromatic N) is 1. The summed E-state index contributed by atoms with van der Waals surface area (Å²) >= 11 is 0. The fraction of sp³-hybridized carbons (Fsp3) is 0.600. The normalized spacial score (nSPS) is 28.2. The van der Waals surface area contributed by atoms with Gasteiger partial charge in [0, 0.05) is 12.6 Å². The molecule has 120 valence electrons. The summed E-state index contributed by atoms with van der Waals surface area (Å²) in [6, 6.07) is 9.56. The monoisotopic (exact) mass is 299 g/mol. The smallest absolute Gasteiger partial charge is 0.119 e. The predicted octanol–water partition coefficient (Wildman–Crippen LogP) is 4.55. The van der Waals surface area contributed by atoms with Crippen molar-refractivity contribution in [1.29, 1.82) is 0 Å². The molecule has 1 saturated heterocycles. The zero-order valence-electron chi connectivity index (χ0n) is 14.3. The van der Waals surface area contributed by atoms with Crippen molar-refractivity contribution in [3.8, 4) is 5.75 Å². The first kappa shape index (κ1) is 15.6. The van der Waals surface area contributed by atoms with Crippen LogP contribution in [0.15, 0.2) is 35.9 Å². The van der Waals surface area contributed by atoms with Crippen LogP contribution in [0.1, 0.15) is 51.5 Å². The van der Waals surface area contributed by atoms with Gasteiger partial charge >= 0.3 is 0 Å². The molecule has 0 spiro atoms. The van der Waals surface area contributed by atoms with Gasteiger partial charge in [0.1, 0.15) is 5.75 Å². The molecule has 0 aromatic heterocycles. The third-order valence-corrected chi connectivity index (χ3v) is 5.62. The average Bonchev–Trinajstić information content (AvgIpc) is 2.86. The molecule has 2 heteroatoms. The van der Waals surface area contributed by atoms with Crippen LogP contribution in [0.5, 0.6) is 5.75 Å². The Labute approximate surface area is 135 Å². The second-order valence-electron chi connectivity index (χ2n) is 7.29. The predicted molar refractivity (Wildman–Crippen MR) is 92.5 cm³/mol. The Morgan fingerprint density at radius 1 is 1.36 bits per heavy atom. The lowest BCUT2D eigenvalue weighted by Gasteiger charge is -2.29. The van der Waals surface area contributed by atoms with Gasteiger partial charge in [-0.15, -0.1) is 0 Å². The summed E-state index contributed by atoms with van der Waals surface area (Å²) in [6.07, 6.45) is 9.00. The van der Waals surface area contributed by atoms with E-state index in [0.717, 1.165) is 18.3 Å². The molecular weight excluding hydrogens is 270 g/mol. The molecule has 1 aliphatic heterocycles. The molecule has 0 N–H and O–H groups in total. The highest BCUT2D eigenvalue weighted by atomic mass is 16.5. The quantitative estimate of drug-likeness (QED) is 0.756. The van der Waals surface area contributed by atoms with Gasteiger partial charge in [-0.3, -0.25) is 4.90 Å². The minimum Gasteiger partial charge on any atom is -0.497 e. The summed E-state index contributed by atoms with van der Waals surface area (Å²) in [6.45, 7) is 6.78. The van der Waals surface area contributed by atoms with Gasteiger partial charge in [0.2, 0.25) is 0 Å². The van der Waals surface area contributed by atoms with Gasteiger partial charge in [0.05, 0.1) is 7.11 Å². The van der Waals surface area contributed by atoms with Crippen LogP contribution in [0.3, 0.4) is 0 Å². The highest BCUT2D eigenvalue weighted by Gasteiger charge is 2.44. The standard InChI is InChI=1S/C20H29NO/c1-16(2)9-13-21-12-5-10-20(11-8-18(21)15-20)17-6-4-7-19(14-17)22-3/h4,6-7,9,14,18H,5,8,10-13,15H2,1-3H3/t18-,20-/m0/s1. The first-order chi connectivity index (χ1) is 10.6. The fourth-order valence-corrected chi connectivity index (χ4v) is 4.34. The minimum absolute atomic E-state index is 0.388. The third kappa shape index (κ3) is 3.08. The number of allylic oxidation sites excluding steroid dienone is 1. The highest BCUT2D eigenvalue weighted by Crippen LogP contribution is 2.48. The average molecular weight is 299 g/mol. The van der Waals surface area contributed by atoms with Crippen molar-refractivity contribution in [2.45, 2.75) is 57.4 Å². The van der Waals surface area contributed by atoms with E-state index < -0.39 is 0 Å². The number of ether oxygens (including phenoxy) is 1. The van der Waals surface area contributed by atoms with Crippen LogP contribution in [0.25, 0.3) is 0 Å². The second-order valence-corrected chi connectivity index (χ2v) is 7.29. The molecule has 1 heterocycles. The molecule has 1 aromatic rings. The molecule has 1 saturated carbocycles. The van der Waals surface area contributed by atoms with E-state index in [0.29, 0.717) is 5.41 Å². The maximum Gasteiger partial charge on any atom is 0.119 e. The molecule has 0 unspecified atom stereocenters. The SMILES string of the molecule is COc1cccc([C@@]23CCCN(CC=C(C)C)[C@@H](CC2)C3)c1. The number of fused-ring (bicyclic) bond motifs is 2. The number of rotatable bonds is 4. The van der Waals surface area contributed by atoms with Gasteiger partial charge in [-0.2, -0.15) is 0 Å². The Morgan fingerprint density at radius 2 is 2.23 bits per heavy atom. The lowest BCUT2D eigenvalue weighted by molar-refractivity contribution is 0.226. The van der Waals surface area contributed by atoms with Gasteiger partial charge in [0.25, 0.3) is 0 Å². The number of likely N-dealkylation sites (tertiary alicyclic amines) is 1.